The number of nitrogens with one attached hydrogen (secondary N) is 2. The number of carboxylic acid groups (broad SMARTS) is 1. The Morgan fingerprint density at radius 3 is 2.67 bits per heavy atom. The maximum absolute atomic E-state index is 11.6. The third-order valence-corrected chi connectivity index (χ3v) is 2.72. The summed E-state index contributed by atoms with van der Waals surface area (Å²) in [5.41, 5.74) is 0. The first-order valence-electron chi connectivity index (χ1n) is 5.74. The van der Waals surface area contributed by atoms with Crippen LogP contribution < -0.4 is 10.6 Å². The molecular weight excluding hydrogens is 236 g/mol. The van der Waals surface area contributed by atoms with E-state index in [-0.39, 0.29) is 5.92 Å². The lowest BCUT2D eigenvalue weighted by Gasteiger charge is -2.19. The molecule has 2 atom stereocenters. The summed E-state index contributed by atoms with van der Waals surface area (Å²) in [7, 11) is 1.72. The van der Waals surface area contributed by atoms with Gasteiger partial charge in [-0.1, -0.05) is 20.3 Å². The molecule has 0 saturated carbocycles. The van der Waals surface area contributed by atoms with Gasteiger partial charge in [-0.2, -0.15) is 5.10 Å². The highest BCUT2D eigenvalue weighted by atomic mass is 16.4. The number of carbonyl (C=O) groups excluding carboxylic acids is 1. The van der Waals surface area contributed by atoms with Crippen molar-refractivity contribution in [2.24, 2.45) is 13.0 Å². The number of hydrogen-bond acceptors (Lipinski definition) is 3. The fourth-order valence-corrected chi connectivity index (χ4v) is 1.46. The van der Waals surface area contributed by atoms with Crippen LogP contribution in [0, 0.1) is 5.92 Å². The molecule has 3 N–H and O–H groups in total. The quantitative estimate of drug-likeness (QED) is 0.731. The number of aryl methyl sites for hydroxylation is 1. The van der Waals surface area contributed by atoms with Gasteiger partial charge in [0.2, 0.25) is 0 Å². The highest BCUT2D eigenvalue weighted by Crippen LogP contribution is 2.08. The smallest absolute Gasteiger partial charge is 0.326 e. The third kappa shape index (κ3) is 3.76. The fraction of sp³-hybridized carbons (Fsp3) is 0.545. The Labute approximate surface area is 105 Å². The second-order valence-corrected chi connectivity index (χ2v) is 4.17. The van der Waals surface area contributed by atoms with Crippen LogP contribution in [0.5, 0.6) is 0 Å². The SMILES string of the molecule is CC[C@H](C)[C@H](NC(=O)Nc1ccn(C)n1)C(=O)O. The van der Waals surface area contributed by atoms with Crippen molar-refractivity contribution in [3.63, 3.8) is 0 Å². The molecule has 1 aromatic rings. The van der Waals surface area contributed by atoms with E-state index in [9.17, 15) is 9.59 Å². The molecule has 7 heteroatoms. The van der Waals surface area contributed by atoms with Crippen molar-refractivity contribution in [1.82, 2.24) is 15.1 Å². The van der Waals surface area contributed by atoms with Gasteiger partial charge >= 0.3 is 12.0 Å². The molecule has 1 rings (SSSR count). The summed E-state index contributed by atoms with van der Waals surface area (Å²) in [6.07, 6.45) is 2.35. The first kappa shape index (κ1) is 14.0. The lowest BCUT2D eigenvalue weighted by atomic mass is 9.99. The van der Waals surface area contributed by atoms with Crippen LogP contribution in [0.15, 0.2) is 12.3 Å². The Hall–Kier alpha value is -2.05. The molecule has 0 fully saturated rings. The fourth-order valence-electron chi connectivity index (χ4n) is 1.46. The number of anilines is 1. The number of carboxylic acids is 1. The van der Waals surface area contributed by atoms with E-state index in [0.29, 0.717) is 12.2 Å². The molecule has 0 saturated heterocycles. The minimum absolute atomic E-state index is 0.142. The third-order valence-electron chi connectivity index (χ3n) is 2.72. The largest absolute Gasteiger partial charge is 0.480 e. The molecule has 1 aromatic heterocycles. The number of nitrogens with zero attached hydrogens (tertiary/aromatic N) is 2. The van der Waals surface area contributed by atoms with E-state index in [0.717, 1.165) is 0 Å². The maximum atomic E-state index is 11.6. The van der Waals surface area contributed by atoms with Gasteiger partial charge in [-0.3, -0.25) is 10.00 Å². The number of rotatable bonds is 5. The predicted octanol–water partition coefficient (Wildman–Crippen LogP) is 1.04. The zero-order valence-electron chi connectivity index (χ0n) is 10.7. The Morgan fingerprint density at radius 2 is 2.22 bits per heavy atom. The van der Waals surface area contributed by atoms with Crippen molar-refractivity contribution in [2.75, 3.05) is 5.32 Å². The van der Waals surface area contributed by atoms with Gasteiger partial charge in [-0.25, -0.2) is 9.59 Å². The van der Waals surface area contributed by atoms with E-state index < -0.39 is 18.0 Å². The van der Waals surface area contributed by atoms with Gasteiger partial charge in [0.15, 0.2) is 5.82 Å². The van der Waals surface area contributed by atoms with Crippen molar-refractivity contribution in [3.05, 3.63) is 12.3 Å². The normalized spacial score (nSPS) is 13.7. The van der Waals surface area contributed by atoms with E-state index in [1.807, 2.05) is 6.92 Å². The molecule has 0 unspecified atom stereocenters. The summed E-state index contributed by atoms with van der Waals surface area (Å²) in [5.74, 6) is -0.805. The summed E-state index contributed by atoms with van der Waals surface area (Å²) in [5, 5.41) is 17.9. The van der Waals surface area contributed by atoms with Gasteiger partial charge in [0.1, 0.15) is 6.04 Å². The lowest BCUT2D eigenvalue weighted by molar-refractivity contribution is -0.140. The standard InChI is InChI=1S/C11H18N4O3/c1-4-7(2)9(10(16)17)13-11(18)12-8-5-6-15(3)14-8/h5-7,9H,4H2,1-3H3,(H,16,17)(H2,12,13,14,18)/t7-,9-/m0/s1. The molecule has 0 aliphatic rings. The van der Waals surface area contributed by atoms with Crippen LogP contribution in [0.3, 0.4) is 0 Å². The zero-order chi connectivity index (χ0) is 13.7. The molecule has 2 amide bonds. The molecule has 18 heavy (non-hydrogen) atoms. The van der Waals surface area contributed by atoms with Gasteiger partial charge in [0, 0.05) is 19.3 Å². The average Bonchev–Trinajstić information content (AvgIpc) is 2.70. The molecule has 0 radical (unpaired) electrons. The Morgan fingerprint density at radius 1 is 1.56 bits per heavy atom. The second-order valence-electron chi connectivity index (χ2n) is 4.17. The second kappa shape index (κ2) is 6.04. The van der Waals surface area contributed by atoms with Crippen LogP contribution in [0.2, 0.25) is 0 Å². The van der Waals surface area contributed by atoms with Crippen molar-refractivity contribution in [3.8, 4) is 0 Å². The highest BCUT2D eigenvalue weighted by Gasteiger charge is 2.25. The molecule has 0 bridgehead atoms. The van der Waals surface area contributed by atoms with E-state index >= 15 is 0 Å². The van der Waals surface area contributed by atoms with Gasteiger partial charge in [-0.15, -0.1) is 0 Å². The molecule has 0 aliphatic carbocycles. The van der Waals surface area contributed by atoms with Crippen LogP contribution >= 0.6 is 0 Å². The van der Waals surface area contributed by atoms with E-state index in [1.54, 1.807) is 30.9 Å². The molecule has 7 nitrogen and oxygen atoms in total. The number of amides is 2. The van der Waals surface area contributed by atoms with Crippen LogP contribution in [0.25, 0.3) is 0 Å². The van der Waals surface area contributed by atoms with Gasteiger partial charge in [-0.05, 0) is 5.92 Å². The number of hydrogen-bond donors (Lipinski definition) is 3. The summed E-state index contributed by atoms with van der Waals surface area (Å²) in [6.45, 7) is 3.65. The number of aliphatic carboxylic acids is 1. The minimum atomic E-state index is -1.04. The zero-order valence-corrected chi connectivity index (χ0v) is 10.7. The predicted molar refractivity (Wildman–Crippen MR) is 66.2 cm³/mol. The monoisotopic (exact) mass is 254 g/mol. The molecule has 0 spiro atoms. The average molecular weight is 254 g/mol. The Kier molecular flexibility index (Phi) is 4.70. The van der Waals surface area contributed by atoms with E-state index in [4.69, 9.17) is 5.11 Å². The number of aromatic nitrogens is 2. The van der Waals surface area contributed by atoms with E-state index in [1.165, 1.54) is 0 Å². The first-order valence-corrected chi connectivity index (χ1v) is 5.74. The summed E-state index contributed by atoms with van der Waals surface area (Å²) in [4.78, 5) is 22.7. The maximum Gasteiger partial charge on any atom is 0.326 e. The van der Waals surface area contributed by atoms with Crippen molar-refractivity contribution >= 4 is 17.8 Å². The molecule has 1 heterocycles. The van der Waals surface area contributed by atoms with Gasteiger partial charge < -0.3 is 10.4 Å². The summed E-state index contributed by atoms with van der Waals surface area (Å²) < 4.78 is 1.54. The van der Waals surface area contributed by atoms with Crippen molar-refractivity contribution in [2.45, 2.75) is 26.3 Å². The lowest BCUT2D eigenvalue weighted by Crippen LogP contribution is -2.46. The van der Waals surface area contributed by atoms with Crippen LogP contribution in [-0.2, 0) is 11.8 Å². The van der Waals surface area contributed by atoms with Crippen molar-refractivity contribution in [1.29, 1.82) is 0 Å². The number of urea groups is 1. The Balaban J connectivity index is 2.59. The number of carbonyl (C=O) groups is 2. The van der Waals surface area contributed by atoms with E-state index in [2.05, 4.69) is 15.7 Å². The van der Waals surface area contributed by atoms with Gasteiger partial charge in [0.25, 0.3) is 0 Å². The van der Waals surface area contributed by atoms with Crippen LogP contribution in [0.1, 0.15) is 20.3 Å². The van der Waals surface area contributed by atoms with Crippen LogP contribution in [0.4, 0.5) is 10.6 Å². The summed E-state index contributed by atoms with van der Waals surface area (Å²) >= 11 is 0. The Bertz CT molecular complexity index is 430. The summed E-state index contributed by atoms with van der Waals surface area (Å²) in [6, 6.07) is 0.151. The molecular formula is C11H18N4O3. The van der Waals surface area contributed by atoms with Crippen molar-refractivity contribution < 1.29 is 14.7 Å². The highest BCUT2D eigenvalue weighted by molar-refractivity contribution is 5.91. The van der Waals surface area contributed by atoms with Gasteiger partial charge in [0.05, 0.1) is 0 Å². The van der Waals surface area contributed by atoms with Crippen LogP contribution in [-0.4, -0.2) is 32.9 Å². The minimum Gasteiger partial charge on any atom is -0.480 e. The first-order chi connectivity index (χ1) is 8.43. The molecule has 0 aliphatic heterocycles. The molecule has 0 aromatic carbocycles. The topological polar surface area (TPSA) is 96.3 Å². The molecule has 100 valence electrons.